The molecule has 0 unspecified atom stereocenters. The maximum absolute atomic E-state index is 2.60. The molecule has 3 heteroatoms. The number of benzene rings is 8. The second-order valence-electron chi connectivity index (χ2n) is 18.5. The van der Waals surface area contributed by atoms with Crippen LogP contribution >= 0.6 is 0 Å². The Morgan fingerprint density at radius 2 is 0.918 bits per heavy atom. The minimum absolute atomic E-state index is 0.0811. The van der Waals surface area contributed by atoms with Crippen molar-refractivity contribution in [3.8, 4) is 22.5 Å². The predicted molar refractivity (Wildman–Crippen MR) is 253 cm³/mol. The molecule has 2 heterocycles. The summed E-state index contributed by atoms with van der Waals surface area (Å²) in [6.45, 7) is 0. The molecule has 4 saturated carbocycles. The fourth-order valence-corrected chi connectivity index (χ4v) is 13.7. The van der Waals surface area contributed by atoms with Crippen LogP contribution in [0.25, 0.3) is 66.1 Å². The number of hydrogen-bond acceptors (Lipinski definition) is 1. The van der Waals surface area contributed by atoms with E-state index in [-0.39, 0.29) is 5.41 Å². The molecule has 4 bridgehead atoms. The highest BCUT2D eigenvalue weighted by atomic mass is 15.1. The highest BCUT2D eigenvalue weighted by molar-refractivity contribution is 6.13. The van der Waals surface area contributed by atoms with Gasteiger partial charge in [0.2, 0.25) is 0 Å². The Hall–Kier alpha value is -6.84. The topological polar surface area (TPSA) is 13.1 Å². The van der Waals surface area contributed by atoms with Crippen LogP contribution in [-0.4, -0.2) is 9.13 Å². The molecule has 0 N–H and O–H groups in total. The van der Waals surface area contributed by atoms with Crippen molar-refractivity contribution in [1.29, 1.82) is 0 Å². The average Bonchev–Trinajstić information content (AvgIpc) is 3.93. The van der Waals surface area contributed by atoms with Gasteiger partial charge in [0.15, 0.2) is 0 Å². The molecular weight excluding hydrogens is 739 g/mol. The quantitative estimate of drug-likeness (QED) is 0.169. The third-order valence-corrected chi connectivity index (χ3v) is 15.7. The summed E-state index contributed by atoms with van der Waals surface area (Å²) in [5, 5.41) is 5.06. The number of aromatic nitrogens is 2. The Morgan fingerprint density at radius 3 is 1.62 bits per heavy atom. The van der Waals surface area contributed by atoms with Crippen molar-refractivity contribution in [2.75, 3.05) is 4.90 Å². The van der Waals surface area contributed by atoms with Gasteiger partial charge in [0.05, 0.1) is 27.8 Å². The highest BCUT2D eigenvalue weighted by Crippen LogP contribution is 2.70. The van der Waals surface area contributed by atoms with Gasteiger partial charge in [0.25, 0.3) is 0 Å². The lowest BCUT2D eigenvalue weighted by Crippen LogP contribution is -2.55. The number of fused-ring (bicyclic) bond motifs is 9. The molecule has 0 aliphatic heterocycles. The number of nitrogens with zero attached hydrogens (tertiary/aromatic N) is 3. The van der Waals surface area contributed by atoms with Crippen molar-refractivity contribution in [2.45, 2.75) is 37.5 Å². The van der Waals surface area contributed by atoms with Crippen molar-refractivity contribution < 1.29 is 0 Å². The lowest BCUT2D eigenvalue weighted by Gasteiger charge is -2.61. The van der Waals surface area contributed by atoms with Crippen LogP contribution in [0, 0.1) is 23.7 Å². The van der Waals surface area contributed by atoms with Gasteiger partial charge >= 0.3 is 0 Å². The van der Waals surface area contributed by atoms with Crippen LogP contribution in [0.1, 0.15) is 43.2 Å². The lowest BCUT2D eigenvalue weighted by atomic mass is 9.43. The third-order valence-electron chi connectivity index (χ3n) is 15.7. The second kappa shape index (κ2) is 12.6. The van der Waals surface area contributed by atoms with Gasteiger partial charge in [0.1, 0.15) is 0 Å². The predicted octanol–water partition coefficient (Wildman–Crippen LogP) is 15.1. The Morgan fingerprint density at radius 1 is 0.393 bits per heavy atom. The largest absolute Gasteiger partial charge is 0.310 e. The van der Waals surface area contributed by atoms with Crippen LogP contribution in [0.4, 0.5) is 17.1 Å². The standard InChI is InChI=1S/C58H45N3/c1-3-14-41(15-4-1)60-53-24-12-9-19-46(53)49-35-43(27-29-54(49)60)59(44-26-28-47-45-18-8-11-23-52(45)61(56(47)36-44)42-16-5-2-6-17-42)55-25-13-22-51-57(55)48-20-7-10-21-50(48)58(51)39-31-37-30-38(33-39)34-40(58)32-37/h1-29,35-40H,30-34H2. The van der Waals surface area contributed by atoms with Crippen LogP contribution in [0.2, 0.25) is 0 Å². The molecule has 2 aromatic heterocycles. The van der Waals surface area contributed by atoms with Gasteiger partial charge in [-0.25, -0.2) is 0 Å². The molecule has 0 radical (unpaired) electrons. The zero-order valence-electron chi connectivity index (χ0n) is 34.1. The van der Waals surface area contributed by atoms with Crippen molar-refractivity contribution in [2.24, 2.45) is 23.7 Å². The van der Waals surface area contributed by atoms with Gasteiger partial charge in [-0.1, -0.05) is 115 Å². The first-order valence-corrected chi connectivity index (χ1v) is 22.4. The third kappa shape index (κ3) is 4.59. The molecule has 5 aliphatic rings. The molecule has 61 heavy (non-hydrogen) atoms. The van der Waals surface area contributed by atoms with Crippen molar-refractivity contribution >= 4 is 60.7 Å². The lowest BCUT2D eigenvalue weighted by molar-refractivity contribution is -0.0399. The van der Waals surface area contributed by atoms with Gasteiger partial charge in [-0.05, 0) is 145 Å². The normalized spacial score (nSPS) is 22.2. The first-order chi connectivity index (χ1) is 30.2. The molecule has 1 spiro atoms. The molecule has 5 aliphatic carbocycles. The first-order valence-electron chi connectivity index (χ1n) is 22.4. The van der Waals surface area contributed by atoms with Gasteiger partial charge in [-0.15, -0.1) is 0 Å². The molecule has 4 fully saturated rings. The highest BCUT2D eigenvalue weighted by Gasteiger charge is 2.61. The van der Waals surface area contributed by atoms with E-state index < -0.39 is 0 Å². The maximum atomic E-state index is 2.60. The van der Waals surface area contributed by atoms with Crippen molar-refractivity contribution in [1.82, 2.24) is 9.13 Å². The van der Waals surface area contributed by atoms with Crippen LogP contribution in [-0.2, 0) is 5.41 Å². The van der Waals surface area contributed by atoms with E-state index in [9.17, 15) is 0 Å². The van der Waals surface area contributed by atoms with Crippen LogP contribution < -0.4 is 4.90 Å². The van der Waals surface area contributed by atoms with Gasteiger partial charge in [0, 0.05) is 55.3 Å². The van der Waals surface area contributed by atoms with E-state index >= 15 is 0 Å². The summed E-state index contributed by atoms with van der Waals surface area (Å²) in [5.74, 6) is 3.20. The molecule has 8 aromatic carbocycles. The molecular formula is C58H45N3. The molecule has 15 rings (SSSR count). The summed E-state index contributed by atoms with van der Waals surface area (Å²) in [6.07, 6.45) is 6.95. The Labute approximate surface area is 356 Å². The van der Waals surface area contributed by atoms with Crippen LogP contribution in [0.3, 0.4) is 0 Å². The first kappa shape index (κ1) is 33.9. The van der Waals surface area contributed by atoms with E-state index in [1.807, 2.05) is 0 Å². The van der Waals surface area contributed by atoms with E-state index in [4.69, 9.17) is 0 Å². The summed E-state index contributed by atoms with van der Waals surface area (Å²) in [4.78, 5) is 2.60. The number of anilines is 3. The van der Waals surface area contributed by atoms with Crippen LogP contribution in [0.5, 0.6) is 0 Å². The smallest absolute Gasteiger partial charge is 0.0561 e. The van der Waals surface area contributed by atoms with E-state index in [2.05, 4.69) is 202 Å². The zero-order chi connectivity index (χ0) is 39.8. The minimum atomic E-state index is 0.0811. The van der Waals surface area contributed by atoms with E-state index in [1.54, 1.807) is 11.1 Å². The summed E-state index contributed by atoms with van der Waals surface area (Å²) in [5.41, 5.74) is 16.9. The van der Waals surface area contributed by atoms with E-state index in [0.717, 1.165) is 17.5 Å². The van der Waals surface area contributed by atoms with Gasteiger partial charge in [-0.2, -0.15) is 0 Å². The molecule has 0 saturated heterocycles. The summed E-state index contributed by atoms with van der Waals surface area (Å²) < 4.78 is 4.88. The number of rotatable bonds is 5. The Bertz CT molecular complexity index is 3360. The molecule has 0 atom stereocenters. The fraction of sp³-hybridized carbons (Fsp3) is 0.172. The van der Waals surface area contributed by atoms with Crippen molar-refractivity contribution in [3.05, 3.63) is 199 Å². The second-order valence-corrected chi connectivity index (χ2v) is 18.5. The zero-order valence-corrected chi connectivity index (χ0v) is 34.1. The SMILES string of the molecule is c1ccc(-n2c3ccccc3c3cc(N(c4ccc5c6ccccc6n(-c6ccccc6)c5c4)c4cccc5c4-c4ccccc4C54C5CC6CC(C5)CC4C6)ccc32)cc1. The minimum Gasteiger partial charge on any atom is -0.310 e. The summed E-state index contributed by atoms with van der Waals surface area (Å²) >= 11 is 0. The Balaban J connectivity index is 1.06. The average molecular weight is 784 g/mol. The summed E-state index contributed by atoms with van der Waals surface area (Å²) in [6, 6.07) is 70.8. The molecule has 10 aromatic rings. The van der Waals surface area contributed by atoms with E-state index in [1.165, 1.54) is 110 Å². The summed E-state index contributed by atoms with van der Waals surface area (Å²) in [7, 11) is 0. The van der Waals surface area contributed by atoms with Crippen LogP contribution in [0.15, 0.2) is 188 Å². The van der Waals surface area contributed by atoms with Crippen molar-refractivity contribution in [3.63, 3.8) is 0 Å². The molecule has 3 nitrogen and oxygen atoms in total. The molecule has 292 valence electrons. The Kier molecular flexibility index (Phi) is 7.01. The van der Waals surface area contributed by atoms with E-state index in [0.29, 0.717) is 11.8 Å². The number of hydrogen-bond donors (Lipinski definition) is 0. The van der Waals surface area contributed by atoms with Gasteiger partial charge < -0.3 is 14.0 Å². The number of para-hydroxylation sites is 4. The fourth-order valence-electron chi connectivity index (χ4n) is 13.7. The maximum Gasteiger partial charge on any atom is 0.0561 e. The molecule has 0 amide bonds. The van der Waals surface area contributed by atoms with Gasteiger partial charge in [-0.3, -0.25) is 0 Å². The monoisotopic (exact) mass is 783 g/mol.